The standard InChI is InChI=1S/C14H22N2O2/c1-3-18-14-6-4-12(5-7-14)16-9-11(2)15-8-13(16)10-17/h4-7,11,13,15,17H,3,8-10H2,1-2H3. The lowest BCUT2D eigenvalue weighted by Crippen LogP contribution is -2.57. The monoisotopic (exact) mass is 250 g/mol. The van der Waals surface area contributed by atoms with E-state index in [1.807, 2.05) is 19.1 Å². The Labute approximate surface area is 109 Å². The van der Waals surface area contributed by atoms with Crippen molar-refractivity contribution in [3.05, 3.63) is 24.3 Å². The fourth-order valence-electron chi connectivity index (χ4n) is 2.34. The molecule has 2 unspecified atom stereocenters. The Morgan fingerprint density at radius 3 is 2.72 bits per heavy atom. The number of anilines is 1. The molecule has 1 aromatic carbocycles. The molecule has 1 saturated heterocycles. The molecule has 2 rings (SSSR count). The maximum absolute atomic E-state index is 9.44. The maximum Gasteiger partial charge on any atom is 0.119 e. The molecule has 0 saturated carbocycles. The number of hydrogen-bond acceptors (Lipinski definition) is 4. The van der Waals surface area contributed by atoms with Gasteiger partial charge in [-0.1, -0.05) is 0 Å². The van der Waals surface area contributed by atoms with Gasteiger partial charge in [0.25, 0.3) is 0 Å². The summed E-state index contributed by atoms with van der Waals surface area (Å²) in [5.74, 6) is 0.894. The van der Waals surface area contributed by atoms with Crippen LogP contribution in [0.5, 0.6) is 5.75 Å². The molecule has 1 aliphatic rings. The highest BCUT2D eigenvalue weighted by Gasteiger charge is 2.25. The van der Waals surface area contributed by atoms with Gasteiger partial charge in [-0.05, 0) is 38.1 Å². The molecule has 0 aliphatic carbocycles. The van der Waals surface area contributed by atoms with E-state index in [2.05, 4.69) is 29.3 Å². The van der Waals surface area contributed by atoms with E-state index in [1.54, 1.807) is 0 Å². The van der Waals surface area contributed by atoms with Crippen molar-refractivity contribution in [1.82, 2.24) is 5.32 Å². The first-order valence-electron chi connectivity index (χ1n) is 6.58. The van der Waals surface area contributed by atoms with Crippen LogP contribution in [-0.4, -0.2) is 43.5 Å². The van der Waals surface area contributed by atoms with Gasteiger partial charge in [0, 0.05) is 24.8 Å². The van der Waals surface area contributed by atoms with Crippen LogP contribution in [0.3, 0.4) is 0 Å². The molecule has 4 heteroatoms. The Morgan fingerprint density at radius 1 is 1.39 bits per heavy atom. The molecular weight excluding hydrogens is 228 g/mol. The van der Waals surface area contributed by atoms with Crippen molar-refractivity contribution in [2.24, 2.45) is 0 Å². The Bertz CT molecular complexity index is 367. The minimum atomic E-state index is 0.152. The Kier molecular flexibility index (Phi) is 4.44. The first kappa shape index (κ1) is 13.2. The molecule has 1 aliphatic heterocycles. The van der Waals surface area contributed by atoms with Crippen LogP contribution < -0.4 is 15.0 Å². The second-order valence-electron chi connectivity index (χ2n) is 4.72. The highest BCUT2D eigenvalue weighted by molar-refractivity contribution is 5.50. The number of benzene rings is 1. The summed E-state index contributed by atoms with van der Waals surface area (Å²) in [7, 11) is 0. The van der Waals surface area contributed by atoms with Gasteiger partial charge < -0.3 is 20.1 Å². The van der Waals surface area contributed by atoms with Gasteiger partial charge in [0.2, 0.25) is 0 Å². The Morgan fingerprint density at radius 2 is 2.11 bits per heavy atom. The third-order valence-corrected chi connectivity index (χ3v) is 3.30. The molecule has 0 radical (unpaired) electrons. The number of nitrogens with one attached hydrogen (secondary N) is 1. The van der Waals surface area contributed by atoms with Crippen LogP contribution in [0.2, 0.25) is 0 Å². The first-order valence-corrected chi connectivity index (χ1v) is 6.58. The zero-order valence-corrected chi connectivity index (χ0v) is 11.1. The summed E-state index contributed by atoms with van der Waals surface area (Å²) in [4.78, 5) is 2.26. The first-order chi connectivity index (χ1) is 8.74. The number of rotatable bonds is 4. The van der Waals surface area contributed by atoms with E-state index in [0.717, 1.165) is 24.5 Å². The predicted octanol–water partition coefficient (Wildman–Crippen LogP) is 1.24. The van der Waals surface area contributed by atoms with Gasteiger partial charge in [-0.25, -0.2) is 0 Å². The van der Waals surface area contributed by atoms with Gasteiger partial charge in [0.15, 0.2) is 0 Å². The van der Waals surface area contributed by atoms with Crippen LogP contribution in [0.4, 0.5) is 5.69 Å². The van der Waals surface area contributed by atoms with Crippen molar-refractivity contribution in [2.45, 2.75) is 25.9 Å². The molecule has 18 heavy (non-hydrogen) atoms. The van der Waals surface area contributed by atoms with Crippen molar-refractivity contribution < 1.29 is 9.84 Å². The average molecular weight is 250 g/mol. The zero-order valence-electron chi connectivity index (χ0n) is 11.1. The molecule has 0 bridgehead atoms. The van der Waals surface area contributed by atoms with Gasteiger partial charge in [0.1, 0.15) is 5.75 Å². The number of aliphatic hydroxyl groups excluding tert-OH is 1. The van der Waals surface area contributed by atoms with Crippen molar-refractivity contribution >= 4 is 5.69 Å². The molecular formula is C14H22N2O2. The molecule has 1 fully saturated rings. The number of hydrogen-bond donors (Lipinski definition) is 2. The highest BCUT2D eigenvalue weighted by Crippen LogP contribution is 2.23. The van der Waals surface area contributed by atoms with E-state index in [4.69, 9.17) is 4.74 Å². The second-order valence-corrected chi connectivity index (χ2v) is 4.72. The number of aliphatic hydroxyl groups is 1. The molecule has 1 aromatic rings. The predicted molar refractivity (Wildman–Crippen MR) is 73.3 cm³/mol. The normalized spacial score (nSPS) is 24.1. The van der Waals surface area contributed by atoms with Crippen LogP contribution in [0, 0.1) is 0 Å². The topological polar surface area (TPSA) is 44.7 Å². The third kappa shape index (κ3) is 2.94. The molecule has 0 amide bonds. The molecule has 1 heterocycles. The largest absolute Gasteiger partial charge is 0.494 e. The Hall–Kier alpha value is -1.26. The van der Waals surface area contributed by atoms with Crippen molar-refractivity contribution in [2.75, 3.05) is 31.2 Å². The van der Waals surface area contributed by atoms with Gasteiger partial charge >= 0.3 is 0 Å². The quantitative estimate of drug-likeness (QED) is 0.844. The Balaban J connectivity index is 2.12. The van der Waals surface area contributed by atoms with Crippen LogP contribution in [0.1, 0.15) is 13.8 Å². The van der Waals surface area contributed by atoms with Crippen LogP contribution in [0.15, 0.2) is 24.3 Å². The average Bonchev–Trinajstić information content (AvgIpc) is 2.40. The summed E-state index contributed by atoms with van der Waals surface area (Å²) < 4.78 is 5.44. The maximum atomic E-state index is 9.44. The number of ether oxygens (including phenoxy) is 1. The molecule has 0 spiro atoms. The molecule has 0 aromatic heterocycles. The van der Waals surface area contributed by atoms with Crippen LogP contribution >= 0.6 is 0 Å². The van der Waals surface area contributed by atoms with E-state index in [-0.39, 0.29) is 12.6 Å². The zero-order chi connectivity index (χ0) is 13.0. The van der Waals surface area contributed by atoms with E-state index >= 15 is 0 Å². The summed E-state index contributed by atoms with van der Waals surface area (Å²) in [6.45, 7) is 6.74. The van der Waals surface area contributed by atoms with E-state index in [9.17, 15) is 5.11 Å². The summed E-state index contributed by atoms with van der Waals surface area (Å²) in [5, 5.41) is 12.8. The summed E-state index contributed by atoms with van der Waals surface area (Å²) >= 11 is 0. The SMILES string of the molecule is CCOc1ccc(N2CC(C)NCC2CO)cc1. The lowest BCUT2D eigenvalue weighted by atomic mass is 10.1. The van der Waals surface area contributed by atoms with E-state index < -0.39 is 0 Å². The number of piperazine rings is 1. The third-order valence-electron chi connectivity index (χ3n) is 3.30. The van der Waals surface area contributed by atoms with Gasteiger partial charge in [-0.3, -0.25) is 0 Å². The van der Waals surface area contributed by atoms with Gasteiger partial charge in [-0.15, -0.1) is 0 Å². The number of nitrogens with zero attached hydrogens (tertiary/aromatic N) is 1. The van der Waals surface area contributed by atoms with Crippen molar-refractivity contribution in [3.8, 4) is 5.75 Å². The smallest absolute Gasteiger partial charge is 0.119 e. The summed E-state index contributed by atoms with van der Waals surface area (Å²) in [6.07, 6.45) is 0. The molecule has 2 atom stereocenters. The van der Waals surface area contributed by atoms with Gasteiger partial charge in [0.05, 0.1) is 19.3 Å². The summed E-state index contributed by atoms with van der Waals surface area (Å²) in [6, 6.07) is 8.69. The lowest BCUT2D eigenvalue weighted by molar-refractivity contribution is 0.237. The van der Waals surface area contributed by atoms with Gasteiger partial charge in [-0.2, -0.15) is 0 Å². The fraction of sp³-hybridized carbons (Fsp3) is 0.571. The van der Waals surface area contributed by atoms with Crippen LogP contribution in [0.25, 0.3) is 0 Å². The van der Waals surface area contributed by atoms with E-state index in [1.165, 1.54) is 0 Å². The molecule has 2 N–H and O–H groups in total. The highest BCUT2D eigenvalue weighted by atomic mass is 16.5. The van der Waals surface area contributed by atoms with Crippen LogP contribution in [-0.2, 0) is 0 Å². The van der Waals surface area contributed by atoms with Crippen molar-refractivity contribution in [3.63, 3.8) is 0 Å². The lowest BCUT2D eigenvalue weighted by Gasteiger charge is -2.40. The fourth-order valence-corrected chi connectivity index (χ4v) is 2.34. The second kappa shape index (κ2) is 6.07. The molecule has 100 valence electrons. The van der Waals surface area contributed by atoms with E-state index in [0.29, 0.717) is 12.6 Å². The summed E-state index contributed by atoms with van der Waals surface area (Å²) in [5.41, 5.74) is 1.14. The van der Waals surface area contributed by atoms with Crippen molar-refractivity contribution in [1.29, 1.82) is 0 Å². The minimum Gasteiger partial charge on any atom is -0.494 e. The minimum absolute atomic E-state index is 0.152. The molecule has 4 nitrogen and oxygen atoms in total.